The Balaban J connectivity index is 3.56. The number of sulfonamides is 1. The highest BCUT2D eigenvalue weighted by Crippen LogP contribution is 2.28. The number of pyridine rings is 1. The molecule has 9 heteroatoms. The molecule has 0 amide bonds. The van der Waals surface area contributed by atoms with Gasteiger partial charge in [-0.15, -0.1) is 0 Å². The lowest BCUT2D eigenvalue weighted by Gasteiger charge is -2.08. The van der Waals surface area contributed by atoms with Gasteiger partial charge in [0.2, 0.25) is 5.03 Å². The van der Waals surface area contributed by atoms with Crippen LogP contribution in [0.2, 0.25) is 0 Å². The normalized spacial score (nSPS) is 11.9. The van der Waals surface area contributed by atoms with Crippen molar-refractivity contribution >= 4 is 10.0 Å². The van der Waals surface area contributed by atoms with Gasteiger partial charge in [-0.3, -0.25) is 0 Å². The fraction of sp³-hybridized carbons (Fsp3) is 0.286. The minimum atomic E-state index is -4.43. The predicted molar refractivity (Wildman–Crippen MR) is 47.1 cm³/mol. The second-order valence-electron chi connectivity index (χ2n) is 2.71. The lowest BCUT2D eigenvalue weighted by atomic mass is 10.3. The quantitative estimate of drug-likeness (QED) is 0.867. The van der Waals surface area contributed by atoms with Crippen LogP contribution < -0.4 is 9.88 Å². The zero-order chi connectivity index (χ0) is 12.5. The first-order valence-electron chi connectivity index (χ1n) is 3.82. The summed E-state index contributed by atoms with van der Waals surface area (Å²) in [5.74, 6) is -2.05. The molecule has 5 nitrogen and oxygen atoms in total. The molecule has 1 aromatic rings. The zero-order valence-corrected chi connectivity index (χ0v) is 8.76. The van der Waals surface area contributed by atoms with E-state index in [0.717, 1.165) is 7.11 Å². The maximum Gasteiger partial charge on any atom is 0.280 e. The number of halogens is 3. The molecule has 0 bridgehead atoms. The van der Waals surface area contributed by atoms with Crippen molar-refractivity contribution < 1.29 is 26.3 Å². The van der Waals surface area contributed by atoms with Crippen molar-refractivity contribution in [1.82, 2.24) is 4.98 Å². The number of ether oxygens (including phenoxy) is 1. The van der Waals surface area contributed by atoms with Crippen LogP contribution in [0.5, 0.6) is 5.75 Å². The average molecular weight is 256 g/mol. The van der Waals surface area contributed by atoms with Crippen LogP contribution in [0.15, 0.2) is 11.1 Å². The maximum absolute atomic E-state index is 13.2. The molecular weight excluding hydrogens is 249 g/mol. The van der Waals surface area contributed by atoms with Crippen molar-refractivity contribution in [1.29, 1.82) is 0 Å². The Morgan fingerprint density at radius 1 is 1.50 bits per heavy atom. The predicted octanol–water partition coefficient (Wildman–Crippen LogP) is 0.814. The van der Waals surface area contributed by atoms with Crippen molar-refractivity contribution in [2.24, 2.45) is 5.14 Å². The summed E-state index contributed by atoms with van der Waals surface area (Å²) in [4.78, 5) is 3.05. The van der Waals surface area contributed by atoms with Crippen LogP contribution in [0.3, 0.4) is 0 Å². The molecule has 16 heavy (non-hydrogen) atoms. The molecule has 2 N–H and O–H groups in total. The molecule has 0 aromatic carbocycles. The van der Waals surface area contributed by atoms with Crippen LogP contribution in [-0.2, 0) is 10.0 Å². The van der Waals surface area contributed by atoms with Gasteiger partial charge in [-0.2, -0.15) is 0 Å². The molecule has 0 unspecified atom stereocenters. The highest BCUT2D eigenvalue weighted by atomic mass is 32.2. The molecule has 0 radical (unpaired) electrons. The summed E-state index contributed by atoms with van der Waals surface area (Å²) in [6.45, 7) is 0. The van der Waals surface area contributed by atoms with Crippen molar-refractivity contribution in [3.05, 3.63) is 17.6 Å². The summed E-state index contributed by atoms with van der Waals surface area (Å²) in [7, 11) is -3.46. The van der Waals surface area contributed by atoms with Gasteiger partial charge in [0.05, 0.1) is 7.11 Å². The summed E-state index contributed by atoms with van der Waals surface area (Å²) < 4.78 is 64.0. The second kappa shape index (κ2) is 4.26. The average Bonchev–Trinajstić information content (AvgIpc) is 2.14. The van der Waals surface area contributed by atoms with Crippen molar-refractivity contribution in [2.45, 2.75) is 11.5 Å². The van der Waals surface area contributed by atoms with E-state index < -0.39 is 38.7 Å². The molecule has 0 saturated carbocycles. The molecule has 1 rings (SSSR count). The highest BCUT2D eigenvalue weighted by Gasteiger charge is 2.24. The first kappa shape index (κ1) is 12.7. The van der Waals surface area contributed by atoms with E-state index in [1.807, 2.05) is 0 Å². The minimum Gasteiger partial charge on any atom is -0.491 e. The van der Waals surface area contributed by atoms with Gasteiger partial charge in [0.25, 0.3) is 16.4 Å². The highest BCUT2D eigenvalue weighted by molar-refractivity contribution is 7.89. The monoisotopic (exact) mass is 256 g/mol. The minimum absolute atomic E-state index is 0.387. The molecule has 0 saturated heterocycles. The summed E-state index contributed by atoms with van der Waals surface area (Å²) in [5, 5.41) is 3.64. The van der Waals surface area contributed by atoms with Gasteiger partial charge in [-0.1, -0.05) is 0 Å². The summed E-state index contributed by atoms with van der Waals surface area (Å²) in [6, 6.07) is 0.387. The van der Waals surface area contributed by atoms with Crippen LogP contribution in [0.4, 0.5) is 13.2 Å². The topological polar surface area (TPSA) is 82.3 Å². The largest absolute Gasteiger partial charge is 0.491 e. The fourth-order valence-corrected chi connectivity index (χ4v) is 1.66. The Hall–Kier alpha value is -1.35. The smallest absolute Gasteiger partial charge is 0.280 e. The van der Waals surface area contributed by atoms with Crippen LogP contribution in [0.25, 0.3) is 0 Å². The van der Waals surface area contributed by atoms with Crippen LogP contribution in [0.1, 0.15) is 12.1 Å². The number of nitrogens with two attached hydrogens (primary N) is 1. The van der Waals surface area contributed by atoms with Gasteiger partial charge in [-0.05, 0) is 0 Å². The van der Waals surface area contributed by atoms with Gasteiger partial charge >= 0.3 is 0 Å². The number of rotatable bonds is 3. The second-order valence-corrected chi connectivity index (χ2v) is 4.19. The van der Waals surface area contributed by atoms with Gasteiger partial charge in [0.15, 0.2) is 11.6 Å². The third kappa shape index (κ3) is 2.42. The van der Waals surface area contributed by atoms with E-state index in [0.29, 0.717) is 6.07 Å². The molecule has 0 atom stereocenters. The van der Waals surface area contributed by atoms with Crippen LogP contribution in [0, 0.1) is 5.82 Å². The zero-order valence-electron chi connectivity index (χ0n) is 7.95. The number of hydrogen-bond donors (Lipinski definition) is 1. The third-order valence-corrected chi connectivity index (χ3v) is 2.43. The van der Waals surface area contributed by atoms with Gasteiger partial charge in [-0.25, -0.2) is 31.7 Å². The van der Waals surface area contributed by atoms with Crippen molar-refractivity contribution in [3.8, 4) is 5.75 Å². The molecule has 0 aliphatic carbocycles. The molecular formula is C7H7F3N2O3S. The Labute approximate surface area is 89.1 Å². The van der Waals surface area contributed by atoms with Crippen molar-refractivity contribution in [2.75, 3.05) is 7.11 Å². The molecule has 0 spiro atoms. The summed E-state index contributed by atoms with van der Waals surface area (Å²) in [6.07, 6.45) is -3.11. The molecule has 90 valence electrons. The first-order chi connectivity index (χ1) is 7.27. The number of primary sulfonamides is 1. The maximum atomic E-state index is 13.2. The summed E-state index contributed by atoms with van der Waals surface area (Å²) in [5.41, 5.74) is -1.03. The van der Waals surface area contributed by atoms with E-state index >= 15 is 0 Å². The molecule has 0 fully saturated rings. The number of nitrogens with zero attached hydrogens (tertiary/aromatic N) is 1. The van der Waals surface area contributed by atoms with Gasteiger partial charge < -0.3 is 4.74 Å². The Bertz CT molecular complexity index is 504. The van der Waals surface area contributed by atoms with E-state index in [-0.39, 0.29) is 0 Å². The molecule has 1 aromatic heterocycles. The van der Waals surface area contributed by atoms with Crippen LogP contribution in [-0.4, -0.2) is 20.5 Å². The molecule has 1 heterocycles. The van der Waals surface area contributed by atoms with E-state index in [1.54, 1.807) is 0 Å². The van der Waals surface area contributed by atoms with E-state index in [1.165, 1.54) is 0 Å². The Kier molecular flexibility index (Phi) is 3.38. The molecule has 0 aliphatic rings. The van der Waals surface area contributed by atoms with E-state index in [2.05, 4.69) is 14.9 Å². The SMILES string of the molecule is COc1c(F)cc(C(F)F)nc1S(N)(=O)=O. The third-order valence-electron chi connectivity index (χ3n) is 1.61. The van der Waals surface area contributed by atoms with Gasteiger partial charge in [0.1, 0.15) is 5.69 Å². The number of aromatic nitrogens is 1. The fourth-order valence-electron chi connectivity index (χ4n) is 0.987. The van der Waals surface area contributed by atoms with Crippen LogP contribution >= 0.6 is 0 Å². The number of alkyl halides is 2. The number of hydrogen-bond acceptors (Lipinski definition) is 4. The first-order valence-corrected chi connectivity index (χ1v) is 5.37. The number of methoxy groups -OCH3 is 1. The van der Waals surface area contributed by atoms with Crippen molar-refractivity contribution in [3.63, 3.8) is 0 Å². The van der Waals surface area contributed by atoms with Gasteiger partial charge in [0, 0.05) is 6.07 Å². The Morgan fingerprint density at radius 3 is 2.44 bits per heavy atom. The Morgan fingerprint density at radius 2 is 2.06 bits per heavy atom. The van der Waals surface area contributed by atoms with E-state index in [9.17, 15) is 21.6 Å². The lowest BCUT2D eigenvalue weighted by Crippen LogP contribution is -2.17. The molecule has 0 aliphatic heterocycles. The standard InChI is InChI=1S/C7H7F3N2O3S/c1-15-5-3(8)2-4(6(9)10)12-7(5)16(11,13)14/h2,6H,1H3,(H2,11,13,14). The van der Waals surface area contributed by atoms with E-state index in [4.69, 9.17) is 0 Å². The summed E-state index contributed by atoms with van der Waals surface area (Å²) >= 11 is 0. The lowest BCUT2D eigenvalue weighted by molar-refractivity contribution is 0.144.